The summed E-state index contributed by atoms with van der Waals surface area (Å²) < 4.78 is 13.7. The van der Waals surface area contributed by atoms with Gasteiger partial charge in [0.15, 0.2) is 17.4 Å². The number of aromatic amines is 1. The lowest BCUT2D eigenvalue weighted by Gasteiger charge is -2.23. The highest BCUT2D eigenvalue weighted by Gasteiger charge is 2.44. The van der Waals surface area contributed by atoms with Gasteiger partial charge in [-0.25, -0.2) is 15.2 Å². The van der Waals surface area contributed by atoms with E-state index in [1.807, 2.05) is 40.1 Å². The molecular formula is C26H30FN7O3. The number of anilines is 1. The molecular weight excluding hydrogens is 477 g/mol. The van der Waals surface area contributed by atoms with Crippen molar-refractivity contribution in [2.75, 3.05) is 31.2 Å². The molecule has 5 rings (SSSR count). The average molecular weight is 508 g/mol. The summed E-state index contributed by atoms with van der Waals surface area (Å²) in [5, 5.41) is 1.32. The van der Waals surface area contributed by atoms with E-state index >= 15 is 0 Å². The average Bonchev–Trinajstić information content (AvgIpc) is 3.64. The number of pyridine rings is 1. The highest BCUT2D eigenvalue weighted by Crippen LogP contribution is 2.39. The number of hydrogen-bond donors (Lipinski definition) is 3. The van der Waals surface area contributed by atoms with Crippen LogP contribution in [0.15, 0.2) is 55.1 Å². The normalized spacial score (nSPS) is 18.9. The third kappa shape index (κ3) is 5.31. The molecule has 0 saturated carbocycles. The summed E-state index contributed by atoms with van der Waals surface area (Å²) >= 11 is 0. The van der Waals surface area contributed by atoms with E-state index in [1.54, 1.807) is 0 Å². The van der Waals surface area contributed by atoms with Gasteiger partial charge in [-0.15, -0.1) is 0 Å². The van der Waals surface area contributed by atoms with E-state index in [9.17, 15) is 18.8 Å². The van der Waals surface area contributed by atoms with Crippen molar-refractivity contribution in [2.24, 2.45) is 17.0 Å². The number of hydrazine groups is 1. The number of carbonyl (C=O) groups is 3. The number of H-pyrrole nitrogens is 1. The number of ketones is 1. The second kappa shape index (κ2) is 10.8. The first kappa shape index (κ1) is 25.8. The minimum absolute atomic E-state index is 0.113. The standard InChI is InChI=1S/C15H18N2O2.C11H12FN5O/c18-12-16-8-6-15(10-16)7-9-17(11-15)14(19)13-4-2-1-3-5-13;1-6(18)7-4-15-10-9(7)8(12)5-16-11(10)17(14)3-2-13/h1-5,12H,6-11H2;2-5,15H,13-14H2,1H3/b;3-2-. The Morgan fingerprint density at radius 1 is 1.19 bits per heavy atom. The molecule has 2 fully saturated rings. The van der Waals surface area contributed by atoms with E-state index in [4.69, 9.17) is 11.6 Å². The summed E-state index contributed by atoms with van der Waals surface area (Å²) in [6.07, 6.45) is 8.00. The number of benzene rings is 1. The molecule has 4 heterocycles. The van der Waals surface area contributed by atoms with Crippen LogP contribution in [0.2, 0.25) is 0 Å². The highest BCUT2D eigenvalue weighted by molar-refractivity contribution is 6.09. The number of nitrogens with zero attached hydrogens (tertiary/aromatic N) is 4. The van der Waals surface area contributed by atoms with Crippen LogP contribution in [-0.2, 0) is 4.79 Å². The minimum atomic E-state index is -0.578. The monoisotopic (exact) mass is 507 g/mol. The lowest BCUT2D eigenvalue weighted by atomic mass is 9.86. The third-order valence-corrected chi connectivity index (χ3v) is 6.88. The number of hydrogen-bond acceptors (Lipinski definition) is 7. The van der Waals surface area contributed by atoms with E-state index in [-0.39, 0.29) is 33.9 Å². The smallest absolute Gasteiger partial charge is 0.253 e. The fourth-order valence-corrected chi connectivity index (χ4v) is 5.00. The zero-order valence-corrected chi connectivity index (χ0v) is 20.6. The van der Waals surface area contributed by atoms with E-state index in [1.165, 1.54) is 25.5 Å². The summed E-state index contributed by atoms with van der Waals surface area (Å²) in [4.78, 5) is 45.0. The van der Waals surface area contributed by atoms with Crippen LogP contribution in [-0.4, -0.2) is 64.0 Å². The second-order valence-corrected chi connectivity index (χ2v) is 9.36. The Morgan fingerprint density at radius 2 is 1.92 bits per heavy atom. The van der Waals surface area contributed by atoms with Gasteiger partial charge in [0, 0.05) is 61.3 Å². The first-order valence-corrected chi connectivity index (χ1v) is 11.9. The molecule has 11 heteroatoms. The molecule has 2 aliphatic rings. The minimum Gasteiger partial charge on any atom is -0.403 e. The number of halogens is 1. The van der Waals surface area contributed by atoms with Gasteiger partial charge in [0.05, 0.1) is 17.1 Å². The number of amides is 2. The summed E-state index contributed by atoms with van der Waals surface area (Å²) in [5.41, 5.74) is 6.73. The molecule has 2 aromatic heterocycles. The summed E-state index contributed by atoms with van der Waals surface area (Å²) in [6.45, 7) is 4.58. The maximum absolute atomic E-state index is 13.7. The summed E-state index contributed by atoms with van der Waals surface area (Å²) in [6, 6.07) is 9.42. The van der Waals surface area contributed by atoms with Crippen molar-refractivity contribution in [3.05, 3.63) is 72.1 Å². The Morgan fingerprint density at radius 3 is 2.57 bits per heavy atom. The third-order valence-electron chi connectivity index (χ3n) is 6.88. The summed E-state index contributed by atoms with van der Waals surface area (Å²) in [7, 11) is 0. The molecule has 1 unspecified atom stereocenters. The van der Waals surface area contributed by atoms with Gasteiger partial charge >= 0.3 is 0 Å². The van der Waals surface area contributed by atoms with Crippen LogP contribution >= 0.6 is 0 Å². The Bertz CT molecular complexity index is 1330. The van der Waals surface area contributed by atoms with Gasteiger partial charge in [0.25, 0.3) is 5.91 Å². The first-order valence-electron chi connectivity index (χ1n) is 11.9. The molecule has 1 atom stereocenters. The Kier molecular flexibility index (Phi) is 7.53. The van der Waals surface area contributed by atoms with Gasteiger partial charge in [0.1, 0.15) is 0 Å². The first-order chi connectivity index (χ1) is 17.8. The van der Waals surface area contributed by atoms with Gasteiger partial charge < -0.3 is 20.5 Å². The van der Waals surface area contributed by atoms with Crippen LogP contribution in [0.1, 0.15) is 40.5 Å². The van der Waals surface area contributed by atoms with Crippen molar-refractivity contribution in [2.45, 2.75) is 19.8 Å². The van der Waals surface area contributed by atoms with E-state index < -0.39 is 5.82 Å². The van der Waals surface area contributed by atoms with Crippen molar-refractivity contribution in [3.8, 4) is 0 Å². The quantitative estimate of drug-likeness (QED) is 0.208. The number of nitrogens with one attached hydrogen (secondary N) is 1. The van der Waals surface area contributed by atoms with Crippen molar-refractivity contribution in [1.29, 1.82) is 0 Å². The molecule has 1 aromatic carbocycles. The molecule has 0 aliphatic carbocycles. The molecule has 3 aromatic rings. The van der Waals surface area contributed by atoms with E-state index in [2.05, 4.69) is 9.97 Å². The maximum Gasteiger partial charge on any atom is 0.253 e. The van der Waals surface area contributed by atoms with Crippen LogP contribution in [0.4, 0.5) is 10.2 Å². The predicted molar refractivity (Wildman–Crippen MR) is 138 cm³/mol. The van der Waals surface area contributed by atoms with Crippen LogP contribution in [0.5, 0.6) is 0 Å². The lowest BCUT2D eigenvalue weighted by molar-refractivity contribution is -0.117. The number of aromatic nitrogens is 2. The van der Waals surface area contributed by atoms with Crippen molar-refractivity contribution < 1.29 is 18.8 Å². The van der Waals surface area contributed by atoms with Gasteiger partial charge in [-0.05, 0) is 31.9 Å². The van der Waals surface area contributed by atoms with Crippen molar-refractivity contribution >= 4 is 34.8 Å². The largest absolute Gasteiger partial charge is 0.403 e. The maximum atomic E-state index is 13.7. The number of nitrogens with two attached hydrogens (primary N) is 2. The van der Waals surface area contributed by atoms with Crippen molar-refractivity contribution in [3.63, 3.8) is 0 Å². The van der Waals surface area contributed by atoms with E-state index in [0.29, 0.717) is 5.52 Å². The van der Waals surface area contributed by atoms with Crippen LogP contribution in [0, 0.1) is 11.2 Å². The molecule has 0 radical (unpaired) electrons. The molecule has 10 nitrogen and oxygen atoms in total. The molecule has 5 N–H and O–H groups in total. The topological polar surface area (TPSA) is 142 Å². The predicted octanol–water partition coefficient (Wildman–Crippen LogP) is 2.40. The van der Waals surface area contributed by atoms with Gasteiger partial charge in [0.2, 0.25) is 6.41 Å². The zero-order chi connectivity index (χ0) is 26.6. The Labute approximate surface area is 213 Å². The second-order valence-electron chi connectivity index (χ2n) is 9.36. The van der Waals surface area contributed by atoms with Gasteiger partial charge in [-0.3, -0.25) is 19.4 Å². The molecule has 37 heavy (non-hydrogen) atoms. The Hall–Kier alpha value is -4.25. The van der Waals surface area contributed by atoms with Gasteiger partial charge in [-0.1, -0.05) is 18.2 Å². The Balaban J connectivity index is 0.000000173. The van der Waals surface area contributed by atoms with Crippen molar-refractivity contribution in [1.82, 2.24) is 19.8 Å². The van der Waals surface area contributed by atoms with Crippen LogP contribution in [0.3, 0.4) is 0 Å². The number of Topliss-reactive ketones (excluding diaryl/α,β-unsaturated/α-hetero) is 1. The molecule has 194 valence electrons. The SMILES string of the molecule is CC(=O)c1c[nH]c2c(N(N)/C=C\N)ncc(F)c12.O=CN1CCC2(CCN(C(=O)c3ccccc3)C2)C1. The number of likely N-dealkylation sites (tertiary alicyclic amines) is 2. The number of carbonyl (C=O) groups excluding carboxylic acids is 3. The molecule has 1 spiro atoms. The molecule has 2 saturated heterocycles. The highest BCUT2D eigenvalue weighted by atomic mass is 19.1. The van der Waals surface area contributed by atoms with Gasteiger partial charge in [-0.2, -0.15) is 0 Å². The number of fused-ring (bicyclic) bond motifs is 1. The van der Waals surface area contributed by atoms with Crippen LogP contribution < -0.4 is 16.6 Å². The van der Waals surface area contributed by atoms with E-state index in [0.717, 1.165) is 62.2 Å². The fourth-order valence-electron chi connectivity index (χ4n) is 5.00. The molecule has 2 aliphatic heterocycles. The zero-order valence-electron chi connectivity index (χ0n) is 20.6. The lowest BCUT2D eigenvalue weighted by Crippen LogP contribution is -2.33. The van der Waals surface area contributed by atoms with Crippen LogP contribution in [0.25, 0.3) is 10.9 Å². The summed E-state index contributed by atoms with van der Waals surface area (Å²) in [5.74, 6) is 5.26. The number of rotatable bonds is 5. The fraction of sp³-hybridized carbons (Fsp3) is 0.308. The molecule has 0 bridgehead atoms. The molecule has 2 amide bonds.